The van der Waals surface area contributed by atoms with Crippen LogP contribution in [0.2, 0.25) is 0 Å². The number of nitrogens with zero attached hydrogens (tertiary/aromatic N) is 1. The fourth-order valence-corrected chi connectivity index (χ4v) is 3.96. The highest BCUT2D eigenvalue weighted by molar-refractivity contribution is 7.89. The summed E-state index contributed by atoms with van der Waals surface area (Å²) in [6, 6.07) is 0. The highest BCUT2D eigenvalue weighted by Crippen LogP contribution is 2.28. The summed E-state index contributed by atoms with van der Waals surface area (Å²) >= 11 is 0. The molecule has 112 valence electrons. The number of hydroxylamine groups is 1. The standard InChI is InChI=1S/C12H18N2O5S/c1-4-18-12(15)10-8(2)11(9(3)13-10)20(16,17)14-6-5-7-19-14/h13H,4-7H2,1-3H3. The Bertz CT molecular complexity index is 614. The monoisotopic (exact) mass is 302 g/mol. The van der Waals surface area contributed by atoms with E-state index in [2.05, 4.69) is 4.98 Å². The first-order valence-electron chi connectivity index (χ1n) is 6.41. The number of sulfonamides is 1. The zero-order chi connectivity index (χ0) is 14.9. The molecule has 0 bridgehead atoms. The summed E-state index contributed by atoms with van der Waals surface area (Å²) in [7, 11) is -3.76. The molecule has 0 aromatic carbocycles. The smallest absolute Gasteiger partial charge is 0.355 e. The van der Waals surface area contributed by atoms with Crippen LogP contribution in [-0.4, -0.2) is 43.6 Å². The molecule has 1 aromatic rings. The number of H-pyrrole nitrogens is 1. The number of aryl methyl sites for hydroxylation is 1. The lowest BCUT2D eigenvalue weighted by molar-refractivity contribution is -0.0285. The van der Waals surface area contributed by atoms with E-state index in [4.69, 9.17) is 9.57 Å². The fourth-order valence-electron chi connectivity index (χ4n) is 2.24. The summed E-state index contributed by atoms with van der Waals surface area (Å²) in [5, 5.41) is 0. The average Bonchev–Trinajstić information content (AvgIpc) is 2.98. The van der Waals surface area contributed by atoms with Crippen LogP contribution in [0.1, 0.15) is 35.1 Å². The molecule has 1 fully saturated rings. The van der Waals surface area contributed by atoms with E-state index in [0.717, 1.165) is 4.47 Å². The molecule has 2 heterocycles. The van der Waals surface area contributed by atoms with Crippen molar-refractivity contribution in [2.75, 3.05) is 19.8 Å². The lowest BCUT2D eigenvalue weighted by Crippen LogP contribution is -2.27. The quantitative estimate of drug-likeness (QED) is 0.842. The van der Waals surface area contributed by atoms with Crippen molar-refractivity contribution in [1.82, 2.24) is 9.45 Å². The van der Waals surface area contributed by atoms with E-state index in [1.54, 1.807) is 20.8 Å². The number of aromatic nitrogens is 1. The topological polar surface area (TPSA) is 88.7 Å². The SMILES string of the molecule is CCOC(=O)c1[nH]c(C)c(S(=O)(=O)N2CCCO2)c1C. The molecule has 0 unspecified atom stereocenters. The van der Waals surface area contributed by atoms with Gasteiger partial charge in [0.15, 0.2) is 0 Å². The minimum absolute atomic E-state index is 0.0856. The van der Waals surface area contributed by atoms with Crippen molar-refractivity contribution in [3.8, 4) is 0 Å². The Morgan fingerprint density at radius 1 is 1.45 bits per heavy atom. The van der Waals surface area contributed by atoms with E-state index in [1.807, 2.05) is 0 Å². The van der Waals surface area contributed by atoms with Crippen molar-refractivity contribution in [2.45, 2.75) is 32.1 Å². The second-order valence-electron chi connectivity index (χ2n) is 4.52. The van der Waals surface area contributed by atoms with E-state index < -0.39 is 16.0 Å². The molecule has 2 rings (SSSR count). The van der Waals surface area contributed by atoms with E-state index in [9.17, 15) is 13.2 Å². The first-order valence-corrected chi connectivity index (χ1v) is 7.85. The fraction of sp³-hybridized carbons (Fsp3) is 0.583. The van der Waals surface area contributed by atoms with Gasteiger partial charge in [-0.3, -0.25) is 4.84 Å². The van der Waals surface area contributed by atoms with E-state index in [1.165, 1.54) is 0 Å². The first-order chi connectivity index (χ1) is 9.39. The van der Waals surface area contributed by atoms with Crippen molar-refractivity contribution in [3.05, 3.63) is 17.0 Å². The minimum atomic E-state index is -3.76. The number of aromatic amines is 1. The van der Waals surface area contributed by atoms with Crippen molar-refractivity contribution in [2.24, 2.45) is 0 Å². The molecule has 1 aliphatic rings. The number of nitrogens with one attached hydrogen (secondary N) is 1. The third kappa shape index (κ3) is 2.46. The molecular formula is C12H18N2O5S. The minimum Gasteiger partial charge on any atom is -0.461 e. The largest absolute Gasteiger partial charge is 0.461 e. The van der Waals surface area contributed by atoms with Gasteiger partial charge in [-0.1, -0.05) is 4.47 Å². The average molecular weight is 302 g/mol. The van der Waals surface area contributed by atoms with Crippen molar-refractivity contribution in [1.29, 1.82) is 0 Å². The zero-order valence-corrected chi connectivity index (χ0v) is 12.5. The van der Waals surface area contributed by atoms with Gasteiger partial charge >= 0.3 is 5.97 Å². The Balaban J connectivity index is 2.45. The number of carbonyl (C=O) groups is 1. The summed E-state index contributed by atoms with van der Waals surface area (Å²) in [5.74, 6) is -0.558. The first kappa shape index (κ1) is 15.0. The van der Waals surface area contributed by atoms with Crippen LogP contribution in [0.15, 0.2) is 4.90 Å². The molecule has 1 aromatic heterocycles. The second kappa shape index (κ2) is 5.55. The van der Waals surface area contributed by atoms with Gasteiger partial charge in [0.25, 0.3) is 10.0 Å². The van der Waals surface area contributed by atoms with Gasteiger partial charge in [-0.05, 0) is 27.2 Å². The van der Waals surface area contributed by atoms with Crippen molar-refractivity contribution < 1.29 is 22.8 Å². The van der Waals surface area contributed by atoms with Crippen LogP contribution in [0.4, 0.5) is 0 Å². The summed E-state index contributed by atoms with van der Waals surface area (Å²) in [4.78, 5) is 19.8. The molecule has 1 N–H and O–H groups in total. The van der Waals surface area contributed by atoms with Crippen LogP contribution in [0.3, 0.4) is 0 Å². The van der Waals surface area contributed by atoms with Gasteiger partial charge in [-0.15, -0.1) is 0 Å². The normalized spacial score (nSPS) is 16.6. The Kier molecular flexibility index (Phi) is 4.17. The van der Waals surface area contributed by atoms with Crippen molar-refractivity contribution in [3.63, 3.8) is 0 Å². The number of ether oxygens (including phenoxy) is 1. The number of rotatable bonds is 4. The van der Waals surface area contributed by atoms with Gasteiger partial charge < -0.3 is 9.72 Å². The molecule has 8 heteroatoms. The zero-order valence-electron chi connectivity index (χ0n) is 11.7. The number of hydrogen-bond donors (Lipinski definition) is 1. The Morgan fingerprint density at radius 2 is 2.15 bits per heavy atom. The molecule has 0 aliphatic carbocycles. The number of hydrogen-bond acceptors (Lipinski definition) is 5. The van der Waals surface area contributed by atoms with Crippen LogP contribution in [0, 0.1) is 13.8 Å². The maximum absolute atomic E-state index is 12.5. The number of carbonyl (C=O) groups excluding carboxylic acids is 1. The van der Waals surface area contributed by atoms with Crippen molar-refractivity contribution >= 4 is 16.0 Å². The lowest BCUT2D eigenvalue weighted by Gasteiger charge is -2.14. The Hall–Kier alpha value is -1.38. The van der Waals surface area contributed by atoms with Gasteiger partial charge in [-0.25, -0.2) is 13.2 Å². The molecule has 0 saturated carbocycles. The molecule has 0 radical (unpaired) electrons. The van der Waals surface area contributed by atoms with Crippen LogP contribution in [0.5, 0.6) is 0 Å². The third-order valence-corrected chi connectivity index (χ3v) is 5.05. The molecule has 1 aliphatic heterocycles. The summed E-state index contributed by atoms with van der Waals surface area (Å²) < 4.78 is 30.9. The van der Waals surface area contributed by atoms with Gasteiger partial charge in [-0.2, -0.15) is 0 Å². The van der Waals surface area contributed by atoms with Crippen LogP contribution < -0.4 is 0 Å². The van der Waals surface area contributed by atoms with Gasteiger partial charge in [0.05, 0.1) is 13.2 Å². The summed E-state index contributed by atoms with van der Waals surface area (Å²) in [5.41, 5.74) is 0.930. The van der Waals surface area contributed by atoms with E-state index in [0.29, 0.717) is 30.8 Å². The molecule has 0 spiro atoms. The summed E-state index contributed by atoms with van der Waals surface area (Å²) in [6.07, 6.45) is 0.659. The molecule has 0 amide bonds. The molecule has 20 heavy (non-hydrogen) atoms. The van der Waals surface area contributed by atoms with Gasteiger partial charge in [0.1, 0.15) is 10.6 Å². The molecule has 1 saturated heterocycles. The van der Waals surface area contributed by atoms with E-state index in [-0.39, 0.29) is 17.2 Å². The second-order valence-corrected chi connectivity index (χ2v) is 6.28. The Morgan fingerprint density at radius 3 is 2.70 bits per heavy atom. The highest BCUT2D eigenvalue weighted by atomic mass is 32.2. The predicted octanol–water partition coefficient (Wildman–Crippen LogP) is 1.13. The van der Waals surface area contributed by atoms with E-state index >= 15 is 0 Å². The van der Waals surface area contributed by atoms with Gasteiger partial charge in [0.2, 0.25) is 0 Å². The Labute approximate surface area is 117 Å². The van der Waals surface area contributed by atoms with Crippen LogP contribution in [-0.2, 0) is 19.6 Å². The maximum atomic E-state index is 12.5. The molecule has 0 atom stereocenters. The highest BCUT2D eigenvalue weighted by Gasteiger charge is 2.34. The van der Waals surface area contributed by atoms with Gasteiger partial charge in [0, 0.05) is 17.8 Å². The van der Waals surface area contributed by atoms with Crippen LogP contribution >= 0.6 is 0 Å². The number of esters is 1. The third-order valence-electron chi connectivity index (χ3n) is 3.09. The van der Waals surface area contributed by atoms with Crippen LogP contribution in [0.25, 0.3) is 0 Å². The molecule has 7 nitrogen and oxygen atoms in total. The predicted molar refractivity (Wildman–Crippen MR) is 70.7 cm³/mol. The summed E-state index contributed by atoms with van der Waals surface area (Å²) in [6.45, 7) is 5.82. The molecular weight excluding hydrogens is 284 g/mol. The lowest BCUT2D eigenvalue weighted by atomic mass is 10.2. The maximum Gasteiger partial charge on any atom is 0.355 e.